The molecule has 1 aromatic heterocycles. The van der Waals surface area contributed by atoms with Gasteiger partial charge in [-0.1, -0.05) is 13.0 Å². The van der Waals surface area contributed by atoms with Crippen LogP contribution in [0.4, 0.5) is 0 Å². The molecule has 0 aromatic carbocycles. The van der Waals surface area contributed by atoms with Crippen molar-refractivity contribution in [3.8, 4) is 0 Å². The summed E-state index contributed by atoms with van der Waals surface area (Å²) in [5.41, 5.74) is 0. The summed E-state index contributed by atoms with van der Waals surface area (Å²) in [5, 5.41) is 15.8. The third kappa shape index (κ3) is 5.83. The van der Waals surface area contributed by atoms with Crippen LogP contribution in [-0.2, 0) is 9.59 Å². The lowest BCUT2D eigenvalue weighted by atomic mass is 10.2. The van der Waals surface area contributed by atoms with Crippen molar-refractivity contribution in [3.05, 3.63) is 22.4 Å². The number of aliphatic carboxylic acids is 1. The minimum atomic E-state index is -0.937. The Bertz CT molecular complexity index is 459. The Labute approximate surface area is 121 Å². The number of carboxylic acid groups (broad SMARTS) is 1. The lowest BCUT2D eigenvalue weighted by Crippen LogP contribution is -2.32. The van der Waals surface area contributed by atoms with E-state index in [2.05, 4.69) is 10.6 Å². The van der Waals surface area contributed by atoms with E-state index in [1.54, 1.807) is 12.1 Å². The number of nitrogens with one attached hydrogen (secondary N) is 2. The van der Waals surface area contributed by atoms with Gasteiger partial charge in [-0.2, -0.15) is 0 Å². The third-order valence-electron chi connectivity index (χ3n) is 2.64. The molecule has 0 radical (unpaired) electrons. The molecule has 0 saturated heterocycles. The van der Waals surface area contributed by atoms with E-state index in [9.17, 15) is 14.4 Å². The Morgan fingerprint density at radius 1 is 1.35 bits per heavy atom. The smallest absolute Gasteiger partial charge is 0.308 e. The fourth-order valence-corrected chi connectivity index (χ4v) is 2.03. The first-order valence-electron chi connectivity index (χ1n) is 6.32. The zero-order valence-electron chi connectivity index (χ0n) is 11.2. The molecule has 6 nitrogen and oxygen atoms in total. The van der Waals surface area contributed by atoms with Crippen LogP contribution in [-0.4, -0.2) is 36.0 Å². The molecule has 0 saturated carbocycles. The summed E-state index contributed by atoms with van der Waals surface area (Å²) >= 11 is 1.36. The minimum Gasteiger partial charge on any atom is -0.481 e. The number of rotatable bonds is 8. The molecule has 3 N–H and O–H groups in total. The van der Waals surface area contributed by atoms with Gasteiger partial charge in [0.2, 0.25) is 5.91 Å². The van der Waals surface area contributed by atoms with Gasteiger partial charge in [0.1, 0.15) is 0 Å². The Hall–Kier alpha value is -1.89. The molecule has 0 aliphatic heterocycles. The van der Waals surface area contributed by atoms with E-state index in [4.69, 9.17) is 5.11 Å². The summed E-state index contributed by atoms with van der Waals surface area (Å²) in [4.78, 5) is 34.2. The van der Waals surface area contributed by atoms with Crippen molar-refractivity contribution >= 4 is 29.1 Å². The van der Waals surface area contributed by atoms with Crippen LogP contribution in [0, 0.1) is 5.92 Å². The summed E-state index contributed by atoms with van der Waals surface area (Å²) in [6.45, 7) is 2.07. The van der Waals surface area contributed by atoms with Crippen LogP contribution in [0.3, 0.4) is 0 Å². The van der Waals surface area contributed by atoms with Gasteiger partial charge in [-0.25, -0.2) is 0 Å². The van der Waals surface area contributed by atoms with Gasteiger partial charge in [0.05, 0.1) is 10.8 Å². The molecule has 0 aliphatic rings. The molecule has 0 bridgehead atoms. The second-order valence-corrected chi connectivity index (χ2v) is 5.33. The number of hydrogen-bond donors (Lipinski definition) is 3. The molecular weight excluding hydrogens is 280 g/mol. The lowest BCUT2D eigenvalue weighted by Gasteiger charge is -2.08. The third-order valence-corrected chi connectivity index (χ3v) is 3.51. The van der Waals surface area contributed by atoms with Crippen LogP contribution in [0.1, 0.15) is 29.4 Å². The molecule has 1 atom stereocenters. The molecule has 1 aromatic rings. The van der Waals surface area contributed by atoms with E-state index in [0.29, 0.717) is 17.8 Å². The van der Waals surface area contributed by atoms with Gasteiger partial charge in [-0.15, -0.1) is 11.3 Å². The van der Waals surface area contributed by atoms with Crippen LogP contribution < -0.4 is 10.6 Å². The molecule has 7 heteroatoms. The maximum absolute atomic E-state index is 11.6. The van der Waals surface area contributed by atoms with Gasteiger partial charge in [0.25, 0.3) is 5.91 Å². The molecule has 0 fully saturated rings. The average Bonchev–Trinajstić information content (AvgIpc) is 2.94. The van der Waals surface area contributed by atoms with Gasteiger partial charge in [-0.05, 0) is 17.9 Å². The first-order chi connectivity index (χ1) is 9.50. The summed E-state index contributed by atoms with van der Waals surface area (Å²) in [6, 6.07) is 3.54. The Balaban J connectivity index is 2.10. The number of carbonyl (C=O) groups is 3. The number of hydrogen-bond acceptors (Lipinski definition) is 4. The predicted molar refractivity (Wildman–Crippen MR) is 75.7 cm³/mol. The molecule has 1 unspecified atom stereocenters. The number of thiophene rings is 1. The van der Waals surface area contributed by atoms with E-state index in [1.807, 2.05) is 5.38 Å². The lowest BCUT2D eigenvalue weighted by molar-refractivity contribution is -0.141. The van der Waals surface area contributed by atoms with Crippen LogP contribution in [0.15, 0.2) is 17.5 Å². The van der Waals surface area contributed by atoms with Gasteiger partial charge >= 0.3 is 5.97 Å². The summed E-state index contributed by atoms with van der Waals surface area (Å²) in [6.07, 6.45) is 0.779. The Morgan fingerprint density at radius 2 is 2.10 bits per heavy atom. The summed E-state index contributed by atoms with van der Waals surface area (Å²) < 4.78 is 0. The number of amides is 2. The fourth-order valence-electron chi connectivity index (χ4n) is 1.39. The highest BCUT2D eigenvalue weighted by atomic mass is 32.1. The first kappa shape index (κ1) is 16.2. The van der Waals surface area contributed by atoms with E-state index in [-0.39, 0.29) is 24.8 Å². The molecule has 1 heterocycles. The van der Waals surface area contributed by atoms with Gasteiger partial charge in [0, 0.05) is 19.5 Å². The second kappa shape index (κ2) is 8.31. The topological polar surface area (TPSA) is 95.5 Å². The van der Waals surface area contributed by atoms with E-state index < -0.39 is 11.9 Å². The fraction of sp³-hybridized carbons (Fsp3) is 0.462. The normalized spacial score (nSPS) is 11.7. The van der Waals surface area contributed by atoms with Crippen molar-refractivity contribution < 1.29 is 19.5 Å². The molecule has 1 rings (SSSR count). The molecule has 110 valence electrons. The van der Waals surface area contributed by atoms with Crippen LogP contribution in [0.25, 0.3) is 0 Å². The molecule has 0 spiro atoms. The first-order valence-corrected chi connectivity index (χ1v) is 7.20. The van der Waals surface area contributed by atoms with Crippen LogP contribution in [0.5, 0.6) is 0 Å². The summed E-state index contributed by atoms with van der Waals surface area (Å²) in [7, 11) is 0. The van der Waals surface area contributed by atoms with Crippen molar-refractivity contribution in [2.45, 2.75) is 19.8 Å². The molecule has 20 heavy (non-hydrogen) atoms. The zero-order valence-corrected chi connectivity index (χ0v) is 12.0. The zero-order chi connectivity index (χ0) is 15.0. The largest absolute Gasteiger partial charge is 0.481 e. The molecular formula is C13H18N2O4S. The second-order valence-electron chi connectivity index (χ2n) is 4.38. The quantitative estimate of drug-likeness (QED) is 0.626. The van der Waals surface area contributed by atoms with Gasteiger partial charge in [-0.3, -0.25) is 14.4 Å². The Morgan fingerprint density at radius 3 is 2.70 bits per heavy atom. The minimum absolute atomic E-state index is 0.121. The maximum atomic E-state index is 11.6. The summed E-state index contributed by atoms with van der Waals surface area (Å²) in [5.74, 6) is -1.88. The Kier molecular flexibility index (Phi) is 6.72. The number of carboxylic acids is 1. The van der Waals surface area contributed by atoms with Crippen molar-refractivity contribution in [1.29, 1.82) is 0 Å². The molecule has 2 amide bonds. The van der Waals surface area contributed by atoms with Crippen LogP contribution in [0.2, 0.25) is 0 Å². The SMILES string of the molecule is CC(CNC(=O)CCCNC(=O)c1cccs1)C(=O)O. The van der Waals surface area contributed by atoms with Gasteiger partial charge < -0.3 is 15.7 Å². The van der Waals surface area contributed by atoms with E-state index >= 15 is 0 Å². The van der Waals surface area contributed by atoms with Crippen molar-refractivity contribution in [1.82, 2.24) is 10.6 Å². The van der Waals surface area contributed by atoms with E-state index in [1.165, 1.54) is 18.3 Å². The van der Waals surface area contributed by atoms with E-state index in [0.717, 1.165) is 0 Å². The predicted octanol–water partition coefficient (Wildman–Crippen LogP) is 1.09. The van der Waals surface area contributed by atoms with Crippen molar-refractivity contribution in [2.75, 3.05) is 13.1 Å². The molecule has 0 aliphatic carbocycles. The van der Waals surface area contributed by atoms with Crippen LogP contribution >= 0.6 is 11.3 Å². The average molecular weight is 298 g/mol. The van der Waals surface area contributed by atoms with Gasteiger partial charge in [0.15, 0.2) is 0 Å². The standard InChI is InChI=1S/C13H18N2O4S/c1-9(13(18)19)8-15-11(16)5-2-6-14-12(17)10-4-3-7-20-10/h3-4,7,9H,2,5-6,8H2,1H3,(H,14,17)(H,15,16)(H,18,19). The maximum Gasteiger partial charge on any atom is 0.308 e. The highest BCUT2D eigenvalue weighted by molar-refractivity contribution is 7.12. The number of carbonyl (C=O) groups excluding carboxylic acids is 2. The van der Waals surface area contributed by atoms with Crippen molar-refractivity contribution in [2.24, 2.45) is 5.92 Å². The highest BCUT2D eigenvalue weighted by Crippen LogP contribution is 2.07. The monoisotopic (exact) mass is 298 g/mol. The highest BCUT2D eigenvalue weighted by Gasteiger charge is 2.12. The van der Waals surface area contributed by atoms with Crippen molar-refractivity contribution in [3.63, 3.8) is 0 Å².